The summed E-state index contributed by atoms with van der Waals surface area (Å²) in [5.74, 6) is 1.64. The first-order valence-electron chi connectivity index (χ1n) is 6.90. The van der Waals surface area contributed by atoms with Crippen molar-refractivity contribution in [1.82, 2.24) is 0 Å². The van der Waals surface area contributed by atoms with E-state index in [9.17, 15) is 0 Å². The summed E-state index contributed by atoms with van der Waals surface area (Å²) in [6, 6.07) is 12.3. The quantitative estimate of drug-likeness (QED) is 0.733. The zero-order chi connectivity index (χ0) is 15.6. The molecule has 0 aliphatic carbocycles. The molecule has 2 rings (SSSR count). The molecule has 0 spiro atoms. The summed E-state index contributed by atoms with van der Waals surface area (Å²) in [7, 11) is 1.95. The van der Waals surface area contributed by atoms with E-state index < -0.39 is 8.07 Å². The summed E-state index contributed by atoms with van der Waals surface area (Å²) in [5, 5.41) is 1.40. The van der Waals surface area contributed by atoms with Gasteiger partial charge in [-0.2, -0.15) is 0 Å². The van der Waals surface area contributed by atoms with Gasteiger partial charge in [0.25, 0.3) is 0 Å². The van der Waals surface area contributed by atoms with Crippen molar-refractivity contribution in [3.63, 3.8) is 0 Å². The summed E-state index contributed by atoms with van der Waals surface area (Å²) in [5.41, 5.74) is 2.11. The third kappa shape index (κ3) is 3.16. The normalized spacial score (nSPS) is 11.3. The average molecular weight is 365 g/mol. The number of ether oxygens (including phenoxy) is 2. The van der Waals surface area contributed by atoms with Crippen LogP contribution in [0, 0.1) is 0 Å². The fourth-order valence-corrected chi connectivity index (χ4v) is 6.06. The molecule has 0 unspecified atom stereocenters. The van der Waals surface area contributed by atoms with Crippen LogP contribution in [0.5, 0.6) is 11.5 Å². The fourth-order valence-electron chi connectivity index (χ4n) is 2.42. The van der Waals surface area contributed by atoms with Gasteiger partial charge in [0, 0.05) is 10.0 Å². The predicted octanol–water partition coefficient (Wildman–Crippen LogP) is 4.68. The van der Waals surface area contributed by atoms with Gasteiger partial charge < -0.3 is 9.47 Å². The van der Waals surface area contributed by atoms with Crippen molar-refractivity contribution in [1.29, 1.82) is 0 Å². The predicted molar refractivity (Wildman–Crippen MR) is 95.7 cm³/mol. The minimum absolute atomic E-state index is 0.822. The lowest BCUT2D eigenvalue weighted by Gasteiger charge is -2.22. The Balaban J connectivity index is 2.74. The second kappa shape index (κ2) is 6.24. The number of hydrogen-bond donors (Lipinski definition) is 0. The van der Waals surface area contributed by atoms with Gasteiger partial charge in [0.2, 0.25) is 0 Å². The molecule has 0 bridgehead atoms. The highest BCUT2D eigenvalue weighted by molar-refractivity contribution is 9.10. The Morgan fingerprint density at radius 2 is 1.38 bits per heavy atom. The molecular weight excluding hydrogens is 344 g/mol. The largest absolute Gasteiger partial charge is 0.496 e. The Kier molecular flexibility index (Phi) is 4.79. The summed E-state index contributed by atoms with van der Waals surface area (Å²) < 4.78 is 12.2. The van der Waals surface area contributed by atoms with Crippen LogP contribution in [0.3, 0.4) is 0 Å². The van der Waals surface area contributed by atoms with Gasteiger partial charge >= 0.3 is 0 Å². The minimum Gasteiger partial charge on any atom is -0.496 e. The van der Waals surface area contributed by atoms with E-state index in [1.807, 2.05) is 18.2 Å². The van der Waals surface area contributed by atoms with Crippen molar-refractivity contribution < 1.29 is 9.47 Å². The van der Waals surface area contributed by atoms with Gasteiger partial charge in [0.15, 0.2) is 0 Å². The van der Waals surface area contributed by atoms with E-state index >= 15 is 0 Å². The summed E-state index contributed by atoms with van der Waals surface area (Å²) in [6.07, 6.45) is 0. The smallest absolute Gasteiger partial charge is 0.130 e. The molecule has 0 amide bonds. The van der Waals surface area contributed by atoms with Gasteiger partial charge in [0.05, 0.1) is 27.9 Å². The molecule has 2 nitrogen and oxygen atoms in total. The Labute approximate surface area is 136 Å². The third-order valence-electron chi connectivity index (χ3n) is 3.50. The van der Waals surface area contributed by atoms with E-state index in [0.717, 1.165) is 27.1 Å². The van der Waals surface area contributed by atoms with E-state index in [2.05, 4.69) is 53.8 Å². The van der Waals surface area contributed by atoms with Gasteiger partial charge in [-0.15, -0.1) is 0 Å². The molecule has 0 heterocycles. The number of benzene rings is 2. The topological polar surface area (TPSA) is 18.5 Å². The van der Waals surface area contributed by atoms with Crippen LogP contribution in [0.1, 0.15) is 0 Å². The van der Waals surface area contributed by atoms with E-state index in [4.69, 9.17) is 9.47 Å². The van der Waals surface area contributed by atoms with Gasteiger partial charge in [-0.1, -0.05) is 59.8 Å². The van der Waals surface area contributed by atoms with Crippen LogP contribution in [0.15, 0.2) is 40.9 Å². The third-order valence-corrected chi connectivity index (χ3v) is 6.76. The number of hydrogen-bond acceptors (Lipinski definition) is 2. The van der Waals surface area contributed by atoms with E-state index in [-0.39, 0.29) is 0 Å². The molecule has 0 saturated heterocycles. The Morgan fingerprint density at radius 1 is 0.857 bits per heavy atom. The zero-order valence-corrected chi connectivity index (χ0v) is 15.7. The van der Waals surface area contributed by atoms with Gasteiger partial charge in [-0.25, -0.2) is 0 Å². The molecule has 0 aromatic heterocycles. The van der Waals surface area contributed by atoms with Crippen LogP contribution in [0.25, 0.3) is 11.1 Å². The summed E-state index contributed by atoms with van der Waals surface area (Å²) in [6.45, 7) is 7.03. The van der Waals surface area contributed by atoms with E-state index in [0.29, 0.717) is 0 Å². The highest BCUT2D eigenvalue weighted by Gasteiger charge is 2.23. The number of methoxy groups -OCH3 is 2. The fraction of sp³-hybridized carbons (Fsp3) is 0.294. The molecule has 0 aliphatic heterocycles. The lowest BCUT2D eigenvalue weighted by atomic mass is 10.0. The summed E-state index contributed by atoms with van der Waals surface area (Å²) >= 11 is 3.80. The van der Waals surface area contributed by atoms with Crippen LogP contribution >= 0.6 is 15.9 Å². The van der Waals surface area contributed by atoms with Crippen LogP contribution in [0.2, 0.25) is 19.6 Å². The van der Waals surface area contributed by atoms with Crippen molar-refractivity contribution in [3.8, 4) is 22.6 Å². The SMILES string of the molecule is COc1cccc(OC)c1-c1cccc([Si](C)(C)C)c1Br. The molecule has 0 saturated carbocycles. The Morgan fingerprint density at radius 3 is 1.86 bits per heavy atom. The molecule has 112 valence electrons. The maximum absolute atomic E-state index is 5.53. The molecule has 21 heavy (non-hydrogen) atoms. The highest BCUT2D eigenvalue weighted by Crippen LogP contribution is 2.41. The van der Waals surface area contributed by atoms with Crippen LogP contribution in [0.4, 0.5) is 0 Å². The minimum atomic E-state index is -1.43. The second-order valence-electron chi connectivity index (χ2n) is 5.95. The lowest BCUT2D eigenvalue weighted by molar-refractivity contribution is 0.397. The molecular formula is C17H21BrO2Si. The molecule has 2 aromatic carbocycles. The van der Waals surface area contributed by atoms with Gasteiger partial charge in [-0.3, -0.25) is 0 Å². The molecule has 0 aliphatic rings. The van der Waals surface area contributed by atoms with Crippen molar-refractivity contribution in [2.24, 2.45) is 0 Å². The molecule has 0 atom stereocenters. The Bertz CT molecular complexity index is 625. The van der Waals surface area contributed by atoms with Gasteiger partial charge in [-0.05, 0) is 17.3 Å². The van der Waals surface area contributed by atoms with Crippen molar-refractivity contribution >= 4 is 29.2 Å². The number of rotatable bonds is 4. The second-order valence-corrected chi connectivity index (χ2v) is 11.8. The maximum atomic E-state index is 5.53. The standard InChI is InChI=1S/C17H21BrO2Si/c1-19-13-9-7-10-14(20-2)16(13)12-8-6-11-15(17(12)18)21(3,4)5/h6-11H,1-5H3. The summed E-state index contributed by atoms with van der Waals surface area (Å²) in [4.78, 5) is 0. The lowest BCUT2D eigenvalue weighted by Crippen LogP contribution is -2.38. The average Bonchev–Trinajstić information content (AvgIpc) is 2.45. The first-order valence-corrected chi connectivity index (χ1v) is 11.2. The maximum Gasteiger partial charge on any atom is 0.130 e. The van der Waals surface area contributed by atoms with Crippen molar-refractivity contribution in [3.05, 3.63) is 40.9 Å². The monoisotopic (exact) mass is 364 g/mol. The van der Waals surface area contributed by atoms with Crippen molar-refractivity contribution in [2.45, 2.75) is 19.6 Å². The molecule has 2 aromatic rings. The molecule has 0 fully saturated rings. The number of halogens is 1. The highest BCUT2D eigenvalue weighted by atomic mass is 79.9. The first kappa shape index (κ1) is 16.1. The molecule has 4 heteroatoms. The van der Waals surface area contributed by atoms with Crippen LogP contribution in [-0.2, 0) is 0 Å². The zero-order valence-electron chi connectivity index (χ0n) is 13.2. The van der Waals surface area contributed by atoms with E-state index in [1.165, 1.54) is 5.19 Å². The van der Waals surface area contributed by atoms with Gasteiger partial charge in [0.1, 0.15) is 11.5 Å². The first-order chi connectivity index (χ1) is 9.90. The van der Waals surface area contributed by atoms with Crippen molar-refractivity contribution in [2.75, 3.05) is 14.2 Å². The van der Waals surface area contributed by atoms with E-state index in [1.54, 1.807) is 14.2 Å². The Hall–Kier alpha value is -1.26. The molecule has 0 N–H and O–H groups in total. The van der Waals surface area contributed by atoms with Crippen LogP contribution < -0.4 is 14.7 Å². The molecule has 0 radical (unpaired) electrons. The van der Waals surface area contributed by atoms with Crippen LogP contribution in [-0.4, -0.2) is 22.3 Å².